The molecular weight excluding hydrogens is 162 g/mol. The van der Waals surface area contributed by atoms with Crippen molar-refractivity contribution in [3.05, 3.63) is 0 Å². The molecule has 2 fully saturated rings. The van der Waals surface area contributed by atoms with Gasteiger partial charge in [0.1, 0.15) is 0 Å². The first-order valence-corrected chi connectivity index (χ1v) is 5.49. The Kier molecular flexibility index (Phi) is 2.37. The van der Waals surface area contributed by atoms with Crippen LogP contribution in [0.25, 0.3) is 0 Å². The molecular formula is C11H21NO. The SMILES string of the molecule is CCN1CC2(COC2)C[C@H]1C(C)C. The molecule has 2 heterocycles. The van der Waals surface area contributed by atoms with Crippen molar-refractivity contribution in [2.45, 2.75) is 33.2 Å². The Bertz CT molecular complexity index is 187. The van der Waals surface area contributed by atoms with Gasteiger partial charge in [0.15, 0.2) is 0 Å². The lowest BCUT2D eigenvalue weighted by Gasteiger charge is -2.37. The first-order chi connectivity index (χ1) is 6.17. The Balaban J connectivity index is 2.03. The largest absolute Gasteiger partial charge is 0.380 e. The van der Waals surface area contributed by atoms with Gasteiger partial charge in [-0.1, -0.05) is 20.8 Å². The first-order valence-electron chi connectivity index (χ1n) is 5.49. The van der Waals surface area contributed by atoms with Gasteiger partial charge < -0.3 is 4.74 Å². The summed E-state index contributed by atoms with van der Waals surface area (Å²) >= 11 is 0. The van der Waals surface area contributed by atoms with Crippen LogP contribution in [0.3, 0.4) is 0 Å². The monoisotopic (exact) mass is 183 g/mol. The van der Waals surface area contributed by atoms with Crippen molar-refractivity contribution in [1.82, 2.24) is 4.90 Å². The lowest BCUT2D eigenvalue weighted by atomic mass is 9.82. The zero-order chi connectivity index (χ0) is 9.47. The molecule has 13 heavy (non-hydrogen) atoms. The van der Waals surface area contributed by atoms with Crippen LogP contribution in [0.5, 0.6) is 0 Å². The van der Waals surface area contributed by atoms with Crippen molar-refractivity contribution >= 4 is 0 Å². The van der Waals surface area contributed by atoms with E-state index in [1.54, 1.807) is 0 Å². The molecule has 2 saturated heterocycles. The summed E-state index contributed by atoms with van der Waals surface area (Å²) in [5, 5.41) is 0. The molecule has 0 radical (unpaired) electrons. The summed E-state index contributed by atoms with van der Waals surface area (Å²) in [6.07, 6.45) is 1.36. The quantitative estimate of drug-likeness (QED) is 0.646. The van der Waals surface area contributed by atoms with Gasteiger partial charge in [0, 0.05) is 18.0 Å². The maximum Gasteiger partial charge on any atom is 0.0557 e. The van der Waals surface area contributed by atoms with E-state index in [1.807, 2.05) is 0 Å². The highest BCUT2D eigenvalue weighted by atomic mass is 16.5. The zero-order valence-electron chi connectivity index (χ0n) is 9.05. The van der Waals surface area contributed by atoms with Crippen molar-refractivity contribution in [3.63, 3.8) is 0 Å². The standard InChI is InChI=1S/C11H21NO/c1-4-12-6-11(7-13-8-11)5-10(12)9(2)3/h9-10H,4-8H2,1-3H3/t10-/m0/s1. The highest BCUT2D eigenvalue weighted by Gasteiger charge is 2.48. The van der Waals surface area contributed by atoms with Crippen LogP contribution in [0.15, 0.2) is 0 Å². The minimum Gasteiger partial charge on any atom is -0.380 e. The van der Waals surface area contributed by atoms with E-state index in [1.165, 1.54) is 19.5 Å². The van der Waals surface area contributed by atoms with Crippen molar-refractivity contribution in [1.29, 1.82) is 0 Å². The first kappa shape index (κ1) is 9.47. The van der Waals surface area contributed by atoms with Crippen LogP contribution < -0.4 is 0 Å². The fourth-order valence-electron chi connectivity index (χ4n) is 2.79. The summed E-state index contributed by atoms with van der Waals surface area (Å²) in [7, 11) is 0. The van der Waals surface area contributed by atoms with E-state index in [2.05, 4.69) is 25.7 Å². The van der Waals surface area contributed by atoms with Crippen molar-refractivity contribution in [2.75, 3.05) is 26.3 Å². The van der Waals surface area contributed by atoms with Crippen LogP contribution in [-0.2, 0) is 4.74 Å². The third kappa shape index (κ3) is 1.50. The molecule has 1 spiro atoms. The van der Waals surface area contributed by atoms with Gasteiger partial charge in [0.05, 0.1) is 13.2 Å². The van der Waals surface area contributed by atoms with Crippen LogP contribution in [-0.4, -0.2) is 37.2 Å². The van der Waals surface area contributed by atoms with Crippen molar-refractivity contribution < 1.29 is 4.74 Å². The molecule has 2 aliphatic rings. The second-order valence-electron chi connectivity index (χ2n) is 5.07. The molecule has 0 aromatic rings. The molecule has 0 aromatic heterocycles. The van der Waals surface area contributed by atoms with Gasteiger partial charge in [-0.2, -0.15) is 0 Å². The smallest absolute Gasteiger partial charge is 0.0557 e. The number of nitrogens with zero attached hydrogens (tertiary/aromatic N) is 1. The Hall–Kier alpha value is -0.0800. The molecule has 0 bridgehead atoms. The van der Waals surface area contributed by atoms with Crippen LogP contribution in [0.2, 0.25) is 0 Å². The van der Waals surface area contributed by atoms with Crippen molar-refractivity contribution in [3.8, 4) is 0 Å². The third-order valence-electron chi connectivity index (χ3n) is 3.64. The fourth-order valence-corrected chi connectivity index (χ4v) is 2.79. The summed E-state index contributed by atoms with van der Waals surface area (Å²) in [4.78, 5) is 2.63. The van der Waals surface area contributed by atoms with Crippen LogP contribution >= 0.6 is 0 Å². The van der Waals surface area contributed by atoms with Gasteiger partial charge in [-0.15, -0.1) is 0 Å². The summed E-state index contributed by atoms with van der Waals surface area (Å²) in [5.74, 6) is 0.792. The lowest BCUT2D eigenvalue weighted by Crippen LogP contribution is -2.44. The van der Waals surface area contributed by atoms with E-state index in [0.717, 1.165) is 25.2 Å². The van der Waals surface area contributed by atoms with E-state index in [9.17, 15) is 0 Å². The van der Waals surface area contributed by atoms with E-state index in [0.29, 0.717) is 5.41 Å². The number of ether oxygens (including phenoxy) is 1. The van der Waals surface area contributed by atoms with Gasteiger partial charge in [0.2, 0.25) is 0 Å². The minimum atomic E-state index is 0.547. The number of likely N-dealkylation sites (tertiary alicyclic amines) is 1. The number of hydrogen-bond donors (Lipinski definition) is 0. The van der Waals surface area contributed by atoms with E-state index < -0.39 is 0 Å². The molecule has 0 aliphatic carbocycles. The normalized spacial score (nSPS) is 32.8. The Morgan fingerprint density at radius 2 is 2.15 bits per heavy atom. The Labute approximate surface area is 81.3 Å². The third-order valence-corrected chi connectivity index (χ3v) is 3.64. The van der Waals surface area contributed by atoms with Crippen LogP contribution in [0.1, 0.15) is 27.2 Å². The van der Waals surface area contributed by atoms with E-state index in [-0.39, 0.29) is 0 Å². The molecule has 2 heteroatoms. The highest BCUT2D eigenvalue weighted by molar-refractivity contribution is 5.00. The van der Waals surface area contributed by atoms with Gasteiger partial charge in [-0.25, -0.2) is 0 Å². The van der Waals surface area contributed by atoms with Crippen LogP contribution in [0, 0.1) is 11.3 Å². The average Bonchev–Trinajstić information content (AvgIpc) is 2.42. The molecule has 0 aromatic carbocycles. The summed E-state index contributed by atoms with van der Waals surface area (Å²) < 4.78 is 5.35. The topological polar surface area (TPSA) is 12.5 Å². The molecule has 76 valence electrons. The lowest BCUT2D eigenvalue weighted by molar-refractivity contribution is -0.105. The number of rotatable bonds is 2. The summed E-state index contributed by atoms with van der Waals surface area (Å²) in [6.45, 7) is 11.4. The highest BCUT2D eigenvalue weighted by Crippen LogP contribution is 2.42. The van der Waals surface area contributed by atoms with Gasteiger partial charge >= 0.3 is 0 Å². The maximum absolute atomic E-state index is 5.35. The second kappa shape index (κ2) is 3.25. The Morgan fingerprint density at radius 3 is 2.46 bits per heavy atom. The van der Waals surface area contributed by atoms with Crippen LogP contribution in [0.4, 0.5) is 0 Å². The van der Waals surface area contributed by atoms with Gasteiger partial charge in [0.25, 0.3) is 0 Å². The van der Waals surface area contributed by atoms with Gasteiger partial charge in [-0.05, 0) is 18.9 Å². The summed E-state index contributed by atoms with van der Waals surface area (Å²) in [6, 6.07) is 0.800. The molecule has 2 rings (SSSR count). The maximum atomic E-state index is 5.35. The number of hydrogen-bond acceptors (Lipinski definition) is 2. The molecule has 0 N–H and O–H groups in total. The molecule has 0 amide bonds. The van der Waals surface area contributed by atoms with E-state index in [4.69, 9.17) is 4.74 Å². The average molecular weight is 183 g/mol. The van der Waals surface area contributed by atoms with Crippen molar-refractivity contribution in [2.24, 2.45) is 11.3 Å². The summed E-state index contributed by atoms with van der Waals surface area (Å²) in [5.41, 5.74) is 0.547. The predicted molar refractivity (Wildman–Crippen MR) is 53.7 cm³/mol. The molecule has 0 saturated carbocycles. The van der Waals surface area contributed by atoms with Gasteiger partial charge in [-0.3, -0.25) is 4.90 Å². The fraction of sp³-hybridized carbons (Fsp3) is 1.00. The molecule has 2 aliphatic heterocycles. The minimum absolute atomic E-state index is 0.547. The predicted octanol–water partition coefficient (Wildman–Crippen LogP) is 1.75. The molecule has 2 nitrogen and oxygen atoms in total. The second-order valence-corrected chi connectivity index (χ2v) is 5.07. The van der Waals surface area contributed by atoms with E-state index >= 15 is 0 Å². The molecule has 0 unspecified atom stereocenters. The zero-order valence-corrected chi connectivity index (χ0v) is 9.05. The Morgan fingerprint density at radius 1 is 1.46 bits per heavy atom. The molecule has 1 atom stereocenters.